The van der Waals surface area contributed by atoms with E-state index in [-0.39, 0.29) is 17.3 Å². The fourth-order valence-corrected chi connectivity index (χ4v) is 3.39. The third-order valence-electron chi connectivity index (χ3n) is 3.89. The molecule has 0 unspecified atom stereocenters. The van der Waals surface area contributed by atoms with Gasteiger partial charge in [-0.2, -0.15) is 4.31 Å². The van der Waals surface area contributed by atoms with Crippen LogP contribution in [0.2, 0.25) is 0 Å². The van der Waals surface area contributed by atoms with Gasteiger partial charge in [-0.25, -0.2) is 8.42 Å². The number of nitrogens with one attached hydrogen (secondary N) is 1. The van der Waals surface area contributed by atoms with E-state index in [1.807, 2.05) is 32.9 Å². The Morgan fingerprint density at radius 3 is 2.21 bits per heavy atom. The molecule has 6 heteroatoms. The second-order valence-corrected chi connectivity index (χ2v) is 7.97. The van der Waals surface area contributed by atoms with Crippen molar-refractivity contribution in [2.75, 3.05) is 18.9 Å². The minimum absolute atomic E-state index is 0.191. The number of carbonyl (C=O) groups excluding carboxylic acids is 1. The molecule has 128 valence electrons. The molecule has 0 saturated heterocycles. The normalized spacial score (nSPS) is 11.5. The van der Waals surface area contributed by atoms with Crippen molar-refractivity contribution in [1.82, 2.24) is 4.31 Å². The molecule has 0 atom stereocenters. The molecule has 2 rings (SSSR count). The van der Waals surface area contributed by atoms with E-state index in [4.69, 9.17) is 0 Å². The quantitative estimate of drug-likeness (QED) is 0.905. The van der Waals surface area contributed by atoms with Crippen LogP contribution in [0.5, 0.6) is 0 Å². The first-order valence-electron chi connectivity index (χ1n) is 7.60. The Hall–Kier alpha value is -2.18. The summed E-state index contributed by atoms with van der Waals surface area (Å²) >= 11 is 0. The largest absolute Gasteiger partial charge is 0.325 e. The summed E-state index contributed by atoms with van der Waals surface area (Å²) in [6.45, 7) is 5.49. The molecule has 0 aromatic heterocycles. The van der Waals surface area contributed by atoms with Gasteiger partial charge in [0.1, 0.15) is 0 Å². The molecule has 0 saturated carbocycles. The van der Waals surface area contributed by atoms with Gasteiger partial charge < -0.3 is 5.32 Å². The molecule has 0 fully saturated rings. The molecule has 1 amide bonds. The summed E-state index contributed by atoms with van der Waals surface area (Å²) in [5.74, 6) is -0.381. The number of sulfonamides is 1. The first-order valence-corrected chi connectivity index (χ1v) is 9.04. The zero-order chi connectivity index (χ0) is 17.9. The lowest BCUT2D eigenvalue weighted by Crippen LogP contribution is -2.35. The van der Waals surface area contributed by atoms with E-state index in [1.54, 1.807) is 30.3 Å². The number of carbonyl (C=O) groups is 1. The van der Waals surface area contributed by atoms with Crippen LogP contribution in [0.15, 0.2) is 47.4 Å². The van der Waals surface area contributed by atoms with Gasteiger partial charge >= 0.3 is 0 Å². The van der Waals surface area contributed by atoms with Gasteiger partial charge in [-0.05, 0) is 56.2 Å². The number of hydrogen-bond acceptors (Lipinski definition) is 3. The lowest BCUT2D eigenvalue weighted by atomic mass is 10.1. The standard InChI is InChI=1S/C18H22N2O3S/c1-13-5-8-16(9-6-13)19-18(21)12-20(4)24(22,23)17-10-7-14(2)15(3)11-17/h5-11H,12H2,1-4H3,(H,19,21). The molecule has 1 N–H and O–H groups in total. The zero-order valence-electron chi connectivity index (χ0n) is 14.3. The Kier molecular flexibility index (Phi) is 5.41. The predicted molar refractivity (Wildman–Crippen MR) is 95.5 cm³/mol. The molecule has 0 radical (unpaired) electrons. The van der Waals surface area contributed by atoms with Gasteiger partial charge in [0, 0.05) is 12.7 Å². The minimum Gasteiger partial charge on any atom is -0.325 e. The average molecular weight is 346 g/mol. The summed E-state index contributed by atoms with van der Waals surface area (Å²) in [5.41, 5.74) is 3.65. The van der Waals surface area contributed by atoms with Crippen LogP contribution in [0.25, 0.3) is 0 Å². The van der Waals surface area contributed by atoms with Crippen LogP contribution in [0, 0.1) is 20.8 Å². The molecule has 0 aliphatic carbocycles. The number of aryl methyl sites for hydroxylation is 3. The molecule has 2 aromatic carbocycles. The Balaban J connectivity index is 2.09. The Bertz CT molecular complexity index is 843. The number of amides is 1. The minimum atomic E-state index is -3.70. The zero-order valence-corrected chi connectivity index (χ0v) is 15.1. The molecule has 24 heavy (non-hydrogen) atoms. The fourth-order valence-electron chi connectivity index (χ4n) is 2.18. The fraction of sp³-hybridized carbons (Fsp3) is 0.278. The van der Waals surface area contributed by atoms with Crippen molar-refractivity contribution in [3.63, 3.8) is 0 Å². The van der Waals surface area contributed by atoms with Crippen LogP contribution in [0.4, 0.5) is 5.69 Å². The van der Waals surface area contributed by atoms with Crippen LogP contribution in [0.3, 0.4) is 0 Å². The second kappa shape index (κ2) is 7.15. The van der Waals surface area contributed by atoms with E-state index >= 15 is 0 Å². The first kappa shape index (κ1) is 18.2. The molecule has 2 aromatic rings. The van der Waals surface area contributed by atoms with Crippen molar-refractivity contribution in [3.8, 4) is 0 Å². The Labute approximate surface area is 143 Å². The summed E-state index contributed by atoms with van der Waals surface area (Å²) < 4.78 is 26.2. The maximum Gasteiger partial charge on any atom is 0.243 e. The monoisotopic (exact) mass is 346 g/mol. The van der Waals surface area contributed by atoms with Crippen molar-refractivity contribution in [2.24, 2.45) is 0 Å². The van der Waals surface area contributed by atoms with E-state index in [2.05, 4.69) is 5.32 Å². The number of rotatable bonds is 5. The van der Waals surface area contributed by atoms with Crippen LogP contribution < -0.4 is 5.32 Å². The SMILES string of the molecule is Cc1ccc(NC(=O)CN(C)S(=O)(=O)c2ccc(C)c(C)c2)cc1. The summed E-state index contributed by atoms with van der Waals surface area (Å²) in [5, 5.41) is 2.70. The highest BCUT2D eigenvalue weighted by Gasteiger charge is 2.23. The van der Waals surface area contributed by atoms with Gasteiger partial charge in [0.25, 0.3) is 0 Å². The lowest BCUT2D eigenvalue weighted by molar-refractivity contribution is -0.116. The van der Waals surface area contributed by atoms with Gasteiger partial charge in [-0.3, -0.25) is 4.79 Å². The van der Waals surface area contributed by atoms with E-state index in [1.165, 1.54) is 7.05 Å². The number of nitrogens with zero attached hydrogens (tertiary/aromatic N) is 1. The smallest absolute Gasteiger partial charge is 0.243 e. The van der Waals surface area contributed by atoms with Crippen molar-refractivity contribution in [1.29, 1.82) is 0 Å². The summed E-state index contributed by atoms with van der Waals surface area (Å²) in [4.78, 5) is 12.3. The van der Waals surface area contributed by atoms with E-state index in [0.29, 0.717) is 5.69 Å². The Morgan fingerprint density at radius 2 is 1.62 bits per heavy atom. The highest BCUT2D eigenvalue weighted by molar-refractivity contribution is 7.89. The van der Waals surface area contributed by atoms with Crippen LogP contribution in [-0.2, 0) is 14.8 Å². The topological polar surface area (TPSA) is 66.5 Å². The van der Waals surface area contributed by atoms with Crippen molar-refractivity contribution < 1.29 is 13.2 Å². The molecule has 0 aliphatic heterocycles. The van der Waals surface area contributed by atoms with Gasteiger partial charge in [-0.15, -0.1) is 0 Å². The van der Waals surface area contributed by atoms with Crippen molar-refractivity contribution in [2.45, 2.75) is 25.7 Å². The number of hydrogen-bond donors (Lipinski definition) is 1. The molecular formula is C18H22N2O3S. The summed E-state index contributed by atoms with van der Waals surface area (Å²) in [6, 6.07) is 12.3. The highest BCUT2D eigenvalue weighted by Crippen LogP contribution is 2.18. The maximum absolute atomic E-state index is 12.6. The van der Waals surface area contributed by atoms with E-state index < -0.39 is 10.0 Å². The molecule has 0 aliphatic rings. The molecule has 0 heterocycles. The van der Waals surface area contributed by atoms with Gasteiger partial charge in [0.2, 0.25) is 15.9 Å². The van der Waals surface area contributed by atoms with Crippen molar-refractivity contribution in [3.05, 3.63) is 59.2 Å². The molecule has 0 bridgehead atoms. The first-order chi connectivity index (χ1) is 11.2. The van der Waals surface area contributed by atoms with E-state index in [9.17, 15) is 13.2 Å². The third-order valence-corrected chi connectivity index (χ3v) is 5.69. The second-order valence-electron chi connectivity index (χ2n) is 5.92. The summed E-state index contributed by atoms with van der Waals surface area (Å²) in [6.07, 6.45) is 0. The highest BCUT2D eigenvalue weighted by atomic mass is 32.2. The van der Waals surface area contributed by atoms with Crippen molar-refractivity contribution >= 4 is 21.6 Å². The van der Waals surface area contributed by atoms with Crippen LogP contribution >= 0.6 is 0 Å². The number of benzene rings is 2. The number of anilines is 1. The van der Waals surface area contributed by atoms with Gasteiger partial charge in [0.05, 0.1) is 11.4 Å². The molecular weight excluding hydrogens is 324 g/mol. The average Bonchev–Trinajstić information content (AvgIpc) is 2.52. The van der Waals surface area contributed by atoms with Crippen LogP contribution in [0.1, 0.15) is 16.7 Å². The third kappa shape index (κ3) is 4.21. The molecule has 5 nitrogen and oxygen atoms in total. The van der Waals surface area contributed by atoms with Crippen LogP contribution in [-0.4, -0.2) is 32.2 Å². The van der Waals surface area contributed by atoms with Gasteiger partial charge in [-0.1, -0.05) is 23.8 Å². The molecule has 0 spiro atoms. The number of likely N-dealkylation sites (N-methyl/N-ethyl adjacent to an activating group) is 1. The Morgan fingerprint density at radius 1 is 1.00 bits per heavy atom. The predicted octanol–water partition coefficient (Wildman–Crippen LogP) is 2.87. The van der Waals surface area contributed by atoms with Gasteiger partial charge in [0.15, 0.2) is 0 Å². The lowest BCUT2D eigenvalue weighted by Gasteiger charge is -2.17. The maximum atomic E-state index is 12.6. The summed E-state index contributed by atoms with van der Waals surface area (Å²) in [7, 11) is -2.30. The van der Waals surface area contributed by atoms with E-state index in [0.717, 1.165) is 21.0 Å².